The Morgan fingerprint density at radius 3 is 2.67 bits per heavy atom. The lowest BCUT2D eigenvalue weighted by Gasteiger charge is -2.42. The fraction of sp³-hybridized carbons (Fsp3) is 0.478. The van der Waals surface area contributed by atoms with Crippen LogP contribution in [0.3, 0.4) is 0 Å². The van der Waals surface area contributed by atoms with Crippen LogP contribution >= 0.6 is 0 Å². The Kier molecular flexibility index (Phi) is 5.76. The minimum absolute atomic E-state index is 0.0257. The van der Waals surface area contributed by atoms with Crippen molar-refractivity contribution < 1.29 is 9.32 Å². The highest BCUT2D eigenvalue weighted by Crippen LogP contribution is 2.39. The maximum Gasteiger partial charge on any atom is 0.229 e. The fourth-order valence-corrected chi connectivity index (χ4v) is 5.71. The van der Waals surface area contributed by atoms with Crippen LogP contribution in [0.15, 0.2) is 23.4 Å². The van der Waals surface area contributed by atoms with E-state index in [1.165, 1.54) is 0 Å². The third kappa shape index (κ3) is 4.07. The van der Waals surface area contributed by atoms with E-state index in [2.05, 4.69) is 32.2 Å². The molecule has 2 aliphatic heterocycles. The van der Waals surface area contributed by atoms with E-state index in [9.17, 15) is 9.32 Å². The lowest BCUT2D eigenvalue weighted by atomic mass is 9.77. The van der Waals surface area contributed by atoms with Gasteiger partial charge in [-0.05, 0) is 31.3 Å². The number of fused-ring (bicyclic) bond motifs is 1. The molecule has 2 N–H and O–H groups in total. The highest BCUT2D eigenvalue weighted by atomic mass is 32.2. The number of hydrogen-bond acceptors (Lipinski definition) is 9. The number of aromatic nitrogens is 4. The molecule has 9 nitrogen and oxygen atoms in total. The molecule has 3 aliphatic rings. The Hall–Kier alpha value is -3.03. The zero-order valence-electron chi connectivity index (χ0n) is 18.6. The van der Waals surface area contributed by atoms with Gasteiger partial charge < -0.3 is 20.2 Å². The number of aliphatic hydroxyl groups is 1. The van der Waals surface area contributed by atoms with E-state index in [0.29, 0.717) is 59.3 Å². The average Bonchev–Trinajstić information content (AvgIpc) is 2.83. The van der Waals surface area contributed by atoms with E-state index >= 15 is 0 Å². The number of anilines is 3. The van der Waals surface area contributed by atoms with Gasteiger partial charge in [-0.25, -0.2) is 9.97 Å². The second-order valence-corrected chi connectivity index (χ2v) is 10.3. The van der Waals surface area contributed by atoms with Crippen LogP contribution in [0, 0.1) is 12.3 Å². The van der Waals surface area contributed by atoms with Crippen LogP contribution in [-0.4, -0.2) is 73.8 Å². The molecule has 2 aromatic rings. The molecule has 0 unspecified atom stereocenters. The molecular formula is C23H27N7O2S. The zero-order valence-corrected chi connectivity index (χ0v) is 19.4. The summed E-state index contributed by atoms with van der Waals surface area (Å²) in [6.07, 6.45) is 14.3. The highest BCUT2D eigenvalue weighted by Gasteiger charge is 2.39. The third-order valence-corrected chi connectivity index (χ3v) is 8.02. The van der Waals surface area contributed by atoms with Crippen molar-refractivity contribution >= 4 is 34.0 Å². The fourth-order valence-electron chi connectivity index (χ4n) is 4.35. The molecule has 0 aromatic carbocycles. The summed E-state index contributed by atoms with van der Waals surface area (Å²) in [7, 11) is 0.784. The second-order valence-electron chi connectivity index (χ2n) is 8.78. The van der Waals surface area contributed by atoms with Crippen molar-refractivity contribution in [3.8, 4) is 12.3 Å². The number of aliphatic hydroxyl groups excluding tert-OH is 1. The summed E-state index contributed by atoms with van der Waals surface area (Å²) in [5, 5.41) is 13.4. The minimum Gasteiger partial charge on any atom is -0.394 e. The molecule has 33 heavy (non-hydrogen) atoms. The van der Waals surface area contributed by atoms with Gasteiger partial charge in [-0.2, -0.15) is 9.97 Å². The van der Waals surface area contributed by atoms with E-state index in [4.69, 9.17) is 16.4 Å². The van der Waals surface area contributed by atoms with E-state index in [0.717, 1.165) is 31.3 Å². The molecule has 4 heterocycles. The monoisotopic (exact) mass is 465 g/mol. The molecule has 0 amide bonds. The predicted molar refractivity (Wildman–Crippen MR) is 129 cm³/mol. The molecule has 10 heteroatoms. The standard InChI is InChI=1S/C23H27N7O2S/c1-3-16-13-24-19(25-14-16)17-5-9-30(10-6-17)22-26-20(28-23(15-31)7-4-8-23)18-21(27-22)29(2)11-12-33(18)32/h1,5,13-14,31H,4,6-12,15H2,2H3,(H,26,27,28)/t33-/m0/s1. The first kappa shape index (κ1) is 21.8. The Balaban J connectivity index is 1.45. The van der Waals surface area contributed by atoms with Crippen LogP contribution in [0.2, 0.25) is 0 Å². The van der Waals surface area contributed by atoms with Gasteiger partial charge in [0.25, 0.3) is 0 Å². The van der Waals surface area contributed by atoms with Crippen LogP contribution in [0.4, 0.5) is 17.6 Å². The van der Waals surface area contributed by atoms with Gasteiger partial charge in [-0.15, -0.1) is 6.42 Å². The van der Waals surface area contributed by atoms with Crippen molar-refractivity contribution in [2.75, 3.05) is 54.2 Å². The van der Waals surface area contributed by atoms with Gasteiger partial charge in [0.2, 0.25) is 5.95 Å². The topological polar surface area (TPSA) is 107 Å². The Morgan fingerprint density at radius 1 is 1.27 bits per heavy atom. The van der Waals surface area contributed by atoms with Crippen LogP contribution in [-0.2, 0) is 10.8 Å². The first-order valence-corrected chi connectivity index (χ1v) is 12.5. The van der Waals surface area contributed by atoms with Gasteiger partial charge in [0, 0.05) is 44.8 Å². The molecule has 1 aliphatic carbocycles. The molecular weight excluding hydrogens is 438 g/mol. The van der Waals surface area contributed by atoms with Crippen LogP contribution in [0.5, 0.6) is 0 Å². The molecule has 0 radical (unpaired) electrons. The maximum absolute atomic E-state index is 12.9. The van der Waals surface area contributed by atoms with E-state index in [-0.39, 0.29) is 6.61 Å². The average molecular weight is 466 g/mol. The lowest BCUT2D eigenvalue weighted by molar-refractivity contribution is 0.143. The van der Waals surface area contributed by atoms with Crippen molar-refractivity contribution in [1.29, 1.82) is 0 Å². The van der Waals surface area contributed by atoms with Gasteiger partial charge in [-0.3, -0.25) is 4.21 Å². The minimum atomic E-state index is -1.18. The molecule has 2 aromatic heterocycles. The predicted octanol–water partition coefficient (Wildman–Crippen LogP) is 1.43. The van der Waals surface area contributed by atoms with Gasteiger partial charge >= 0.3 is 0 Å². The number of rotatable bonds is 5. The van der Waals surface area contributed by atoms with E-state index in [1.807, 2.05) is 11.9 Å². The van der Waals surface area contributed by atoms with Gasteiger partial charge in [0.05, 0.1) is 28.5 Å². The van der Waals surface area contributed by atoms with Crippen molar-refractivity contribution in [2.45, 2.75) is 36.1 Å². The molecule has 0 saturated heterocycles. The molecule has 1 fully saturated rings. The van der Waals surface area contributed by atoms with Crippen LogP contribution in [0.1, 0.15) is 37.1 Å². The summed E-state index contributed by atoms with van der Waals surface area (Å²) in [6.45, 7) is 2.03. The van der Waals surface area contributed by atoms with Gasteiger partial charge in [0.15, 0.2) is 17.5 Å². The normalized spacial score (nSPS) is 21.5. The zero-order chi connectivity index (χ0) is 23.0. The summed E-state index contributed by atoms with van der Waals surface area (Å²) in [5.74, 6) is 5.63. The SMILES string of the molecule is C#Cc1cnc(C2=CCN(c3nc(NC4(CO)CCC4)c4c(n3)N(C)CC[S@@]4=O)CC2)nc1. The second kappa shape index (κ2) is 8.72. The van der Waals surface area contributed by atoms with Crippen molar-refractivity contribution in [2.24, 2.45) is 0 Å². The first-order chi connectivity index (χ1) is 16.0. The molecule has 172 valence electrons. The van der Waals surface area contributed by atoms with Crippen molar-refractivity contribution in [3.05, 3.63) is 29.9 Å². The number of hydrogen-bond donors (Lipinski definition) is 2. The molecule has 1 saturated carbocycles. The Labute approximate surface area is 195 Å². The summed E-state index contributed by atoms with van der Waals surface area (Å²) in [4.78, 5) is 23.2. The maximum atomic E-state index is 12.9. The molecule has 5 rings (SSSR count). The third-order valence-electron chi connectivity index (χ3n) is 6.63. The van der Waals surface area contributed by atoms with Crippen molar-refractivity contribution in [1.82, 2.24) is 19.9 Å². The quantitative estimate of drug-likeness (QED) is 0.634. The highest BCUT2D eigenvalue weighted by molar-refractivity contribution is 7.85. The van der Waals surface area contributed by atoms with Crippen molar-refractivity contribution in [3.63, 3.8) is 0 Å². The largest absolute Gasteiger partial charge is 0.394 e. The van der Waals surface area contributed by atoms with Crippen LogP contribution < -0.4 is 15.1 Å². The number of nitrogens with zero attached hydrogens (tertiary/aromatic N) is 6. The first-order valence-electron chi connectivity index (χ1n) is 11.2. The number of nitrogens with one attached hydrogen (secondary N) is 1. The number of terminal acetylenes is 1. The molecule has 0 spiro atoms. The van der Waals surface area contributed by atoms with Gasteiger partial charge in [-0.1, -0.05) is 12.0 Å². The van der Waals surface area contributed by atoms with E-state index in [1.54, 1.807) is 12.4 Å². The van der Waals surface area contributed by atoms with Crippen LogP contribution in [0.25, 0.3) is 5.57 Å². The summed E-state index contributed by atoms with van der Waals surface area (Å²) in [5.41, 5.74) is 1.34. The smallest absolute Gasteiger partial charge is 0.229 e. The van der Waals surface area contributed by atoms with E-state index < -0.39 is 16.3 Å². The summed E-state index contributed by atoms with van der Waals surface area (Å²) in [6, 6.07) is 0. The van der Waals surface area contributed by atoms with Gasteiger partial charge in [0.1, 0.15) is 4.90 Å². The summed E-state index contributed by atoms with van der Waals surface area (Å²) >= 11 is 0. The summed E-state index contributed by atoms with van der Waals surface area (Å²) < 4.78 is 12.9. The molecule has 0 bridgehead atoms. The Bertz CT molecular complexity index is 1150. The molecule has 1 atom stereocenters. The Morgan fingerprint density at radius 2 is 2.06 bits per heavy atom. The lowest BCUT2D eigenvalue weighted by Crippen LogP contribution is -2.49.